The van der Waals surface area contributed by atoms with Gasteiger partial charge in [-0.1, -0.05) is 12.1 Å². The van der Waals surface area contributed by atoms with Crippen LogP contribution in [0, 0.1) is 18.8 Å². The summed E-state index contributed by atoms with van der Waals surface area (Å²) in [6, 6.07) is 11.5. The number of nitrogens with one attached hydrogen (secondary N) is 1. The van der Waals surface area contributed by atoms with Crippen LogP contribution >= 0.6 is 11.3 Å². The Labute approximate surface area is 179 Å². The summed E-state index contributed by atoms with van der Waals surface area (Å²) >= 11 is 1.61. The van der Waals surface area contributed by atoms with Crippen molar-refractivity contribution >= 4 is 17.2 Å². The summed E-state index contributed by atoms with van der Waals surface area (Å²) in [5.74, 6) is 1.44. The van der Waals surface area contributed by atoms with Crippen molar-refractivity contribution in [2.45, 2.75) is 32.0 Å². The average Bonchev–Trinajstić information content (AvgIpc) is 3.49. The summed E-state index contributed by atoms with van der Waals surface area (Å²) in [5.41, 5.74) is 2.47. The molecule has 0 radical (unpaired) electrons. The average molecular weight is 424 g/mol. The van der Waals surface area contributed by atoms with Crippen molar-refractivity contribution in [3.8, 4) is 17.0 Å². The molecule has 1 aliphatic heterocycles. The van der Waals surface area contributed by atoms with Crippen LogP contribution in [0.5, 0.6) is 5.75 Å². The molecule has 2 N–H and O–H groups in total. The quantitative estimate of drug-likeness (QED) is 0.670. The van der Waals surface area contributed by atoms with Crippen LogP contribution in [0.3, 0.4) is 0 Å². The summed E-state index contributed by atoms with van der Waals surface area (Å²) in [6.45, 7) is 3.39. The number of fused-ring (bicyclic) bond motifs is 1. The third kappa shape index (κ3) is 3.63. The van der Waals surface area contributed by atoms with Crippen LogP contribution < -0.4 is 4.74 Å². The molecule has 2 fully saturated rings. The van der Waals surface area contributed by atoms with Crippen LogP contribution in [-0.4, -0.2) is 51.2 Å². The highest BCUT2D eigenvalue weighted by molar-refractivity contribution is 7.09. The number of aliphatic hydroxyl groups is 1. The molecule has 1 aliphatic carbocycles. The van der Waals surface area contributed by atoms with Crippen LogP contribution in [-0.2, 0) is 0 Å². The van der Waals surface area contributed by atoms with E-state index in [0.717, 1.165) is 28.4 Å². The number of carbonyl (C=O) groups is 1. The molecule has 2 aromatic heterocycles. The number of hydrogen-bond donors (Lipinski definition) is 2. The third-order valence-electron chi connectivity index (χ3n) is 6.26. The minimum atomic E-state index is -0.544. The Morgan fingerprint density at radius 2 is 2.00 bits per heavy atom. The Hall–Kier alpha value is -2.64. The van der Waals surface area contributed by atoms with Gasteiger partial charge in [0.25, 0.3) is 5.91 Å². The number of H-pyrrole nitrogens is 1. The van der Waals surface area contributed by atoms with Gasteiger partial charge in [0.05, 0.1) is 16.8 Å². The zero-order valence-electron chi connectivity index (χ0n) is 16.8. The van der Waals surface area contributed by atoms with Gasteiger partial charge in [-0.3, -0.25) is 4.79 Å². The second-order valence-electron chi connectivity index (χ2n) is 8.26. The molecule has 30 heavy (non-hydrogen) atoms. The molecule has 1 amide bonds. The Morgan fingerprint density at radius 3 is 2.73 bits per heavy atom. The van der Waals surface area contributed by atoms with Crippen LogP contribution in [0.25, 0.3) is 11.3 Å². The number of aryl methyl sites for hydroxylation is 1. The molecular weight excluding hydrogens is 398 g/mol. The van der Waals surface area contributed by atoms with Gasteiger partial charge in [0, 0.05) is 30.2 Å². The number of benzene rings is 1. The molecule has 0 bridgehead atoms. The van der Waals surface area contributed by atoms with Crippen molar-refractivity contribution < 1.29 is 14.6 Å². The highest BCUT2D eigenvalue weighted by Gasteiger charge is 2.44. The van der Waals surface area contributed by atoms with E-state index in [2.05, 4.69) is 9.97 Å². The first-order valence-electron chi connectivity index (χ1n) is 10.4. The Kier molecular flexibility index (Phi) is 5.08. The number of aliphatic hydroxyl groups excluding tert-OH is 1. The summed E-state index contributed by atoms with van der Waals surface area (Å²) in [4.78, 5) is 22.2. The molecule has 1 aromatic carbocycles. The van der Waals surface area contributed by atoms with E-state index < -0.39 is 6.10 Å². The van der Waals surface area contributed by atoms with E-state index >= 15 is 0 Å². The number of amides is 1. The highest BCUT2D eigenvalue weighted by Crippen LogP contribution is 2.40. The number of para-hydroxylation sites is 1. The molecule has 5 rings (SSSR count). The lowest BCUT2D eigenvalue weighted by Crippen LogP contribution is -2.42. The molecule has 156 valence electrons. The maximum absolute atomic E-state index is 12.7. The van der Waals surface area contributed by atoms with E-state index in [0.29, 0.717) is 37.0 Å². The molecular formula is C23H25N3O3S. The molecule has 3 aromatic rings. The lowest BCUT2D eigenvalue weighted by atomic mass is 9.78. The molecule has 6 nitrogen and oxygen atoms in total. The van der Waals surface area contributed by atoms with Crippen molar-refractivity contribution in [1.82, 2.24) is 14.9 Å². The van der Waals surface area contributed by atoms with E-state index in [1.807, 2.05) is 53.6 Å². The van der Waals surface area contributed by atoms with E-state index in [1.54, 1.807) is 17.5 Å². The molecule has 3 heterocycles. The molecule has 1 saturated carbocycles. The second-order valence-corrected chi connectivity index (χ2v) is 9.32. The topological polar surface area (TPSA) is 78.5 Å². The van der Waals surface area contributed by atoms with Crippen molar-refractivity contribution in [3.05, 3.63) is 58.7 Å². The Bertz CT molecular complexity index is 1030. The van der Waals surface area contributed by atoms with Gasteiger partial charge in [-0.05, 0) is 55.9 Å². The molecule has 0 spiro atoms. The van der Waals surface area contributed by atoms with E-state index in [4.69, 9.17) is 4.74 Å². The monoisotopic (exact) mass is 423 g/mol. The molecule has 1 saturated heterocycles. The number of rotatable bonds is 4. The molecule has 7 heteroatoms. The van der Waals surface area contributed by atoms with Crippen molar-refractivity contribution in [2.75, 3.05) is 13.1 Å². The van der Waals surface area contributed by atoms with Crippen molar-refractivity contribution in [2.24, 2.45) is 11.8 Å². The predicted molar refractivity (Wildman–Crippen MR) is 116 cm³/mol. The van der Waals surface area contributed by atoms with Gasteiger partial charge >= 0.3 is 0 Å². The smallest absolute Gasteiger partial charge is 0.270 e. The normalized spacial score (nSPS) is 25.9. The van der Waals surface area contributed by atoms with E-state index in [-0.39, 0.29) is 12.0 Å². The number of likely N-dealkylation sites (tertiary alicyclic amines) is 1. The maximum Gasteiger partial charge on any atom is 0.270 e. The van der Waals surface area contributed by atoms with Crippen LogP contribution in [0.4, 0.5) is 0 Å². The lowest BCUT2D eigenvalue weighted by molar-refractivity contribution is -0.0229. The van der Waals surface area contributed by atoms with Gasteiger partial charge in [0.2, 0.25) is 0 Å². The zero-order chi connectivity index (χ0) is 20.7. The SMILES string of the molecule is Cc1nc(-c2ccccc2O[C@@H]2C[C@@H]3CN(C(=O)c4ccc[nH]4)C[C@@H]3C[C@H]2O)cs1. The number of hydrogen-bond acceptors (Lipinski definition) is 5. The predicted octanol–water partition coefficient (Wildman–Crippen LogP) is 3.74. The highest BCUT2D eigenvalue weighted by atomic mass is 32.1. The molecule has 0 unspecified atom stereocenters. The Morgan fingerprint density at radius 1 is 1.20 bits per heavy atom. The first-order chi connectivity index (χ1) is 14.6. The van der Waals surface area contributed by atoms with Crippen LogP contribution in [0.2, 0.25) is 0 Å². The largest absolute Gasteiger partial charge is 0.487 e. The lowest BCUT2D eigenvalue weighted by Gasteiger charge is -2.35. The fraction of sp³-hybridized carbons (Fsp3) is 0.391. The van der Waals surface area contributed by atoms with E-state index in [9.17, 15) is 9.90 Å². The number of carbonyl (C=O) groups excluding carboxylic acids is 1. The number of thiazole rings is 1. The molecule has 2 aliphatic rings. The van der Waals surface area contributed by atoms with Gasteiger partial charge < -0.3 is 19.7 Å². The number of ether oxygens (including phenoxy) is 1. The standard InChI is InChI=1S/C23H25N3O3S/c1-14-25-19(13-30-14)17-5-2-3-7-21(17)29-22-10-16-12-26(11-15(16)9-20(22)27)23(28)18-6-4-8-24-18/h2-8,13,15-16,20,22,24,27H,9-12H2,1H3/t15-,16+,20+,22+/m0/s1. The van der Waals surface area contributed by atoms with Gasteiger partial charge in [-0.2, -0.15) is 0 Å². The van der Waals surface area contributed by atoms with Crippen molar-refractivity contribution in [3.63, 3.8) is 0 Å². The summed E-state index contributed by atoms with van der Waals surface area (Å²) in [6.07, 6.45) is 2.34. The minimum absolute atomic E-state index is 0.0330. The number of aromatic amines is 1. The first kappa shape index (κ1) is 19.3. The minimum Gasteiger partial charge on any atom is -0.487 e. The van der Waals surface area contributed by atoms with Gasteiger partial charge in [0.1, 0.15) is 17.5 Å². The van der Waals surface area contributed by atoms with Gasteiger partial charge in [-0.15, -0.1) is 11.3 Å². The summed E-state index contributed by atoms with van der Waals surface area (Å²) in [5, 5.41) is 13.8. The van der Waals surface area contributed by atoms with Gasteiger partial charge in [-0.25, -0.2) is 4.98 Å². The summed E-state index contributed by atoms with van der Waals surface area (Å²) in [7, 11) is 0. The fourth-order valence-electron chi connectivity index (χ4n) is 4.75. The third-order valence-corrected chi connectivity index (χ3v) is 7.03. The van der Waals surface area contributed by atoms with Gasteiger partial charge in [0.15, 0.2) is 0 Å². The second kappa shape index (κ2) is 7.89. The van der Waals surface area contributed by atoms with Crippen molar-refractivity contribution in [1.29, 1.82) is 0 Å². The van der Waals surface area contributed by atoms with Crippen LogP contribution in [0.15, 0.2) is 48.0 Å². The van der Waals surface area contributed by atoms with Crippen LogP contribution in [0.1, 0.15) is 28.3 Å². The maximum atomic E-state index is 12.7. The Balaban J connectivity index is 1.31. The molecule has 4 atom stereocenters. The fourth-order valence-corrected chi connectivity index (χ4v) is 5.36. The zero-order valence-corrected chi connectivity index (χ0v) is 17.6. The summed E-state index contributed by atoms with van der Waals surface area (Å²) < 4.78 is 6.34. The van der Waals surface area contributed by atoms with E-state index in [1.165, 1.54) is 0 Å². The number of aromatic nitrogens is 2. The first-order valence-corrected chi connectivity index (χ1v) is 11.3. The number of nitrogens with zero attached hydrogens (tertiary/aromatic N) is 2.